The Bertz CT molecular complexity index is 786. The lowest BCUT2D eigenvalue weighted by Gasteiger charge is -2.32. The number of aryl methyl sites for hydroxylation is 1. The van der Waals surface area contributed by atoms with Crippen LogP contribution in [-0.2, 0) is 11.3 Å². The molecule has 3 rings (SSSR count). The van der Waals surface area contributed by atoms with Crippen molar-refractivity contribution < 1.29 is 4.79 Å². The number of carbonyl (C=O) groups excluding carboxylic acids is 1. The molecule has 0 atom stereocenters. The second-order valence-corrected chi connectivity index (χ2v) is 7.92. The average molecular weight is 396 g/mol. The third-order valence-corrected chi connectivity index (χ3v) is 5.50. The Morgan fingerprint density at radius 2 is 2.03 bits per heavy atom. The molecule has 0 unspecified atom stereocenters. The molecular weight excluding hydrogens is 362 g/mol. The van der Waals surface area contributed by atoms with Crippen molar-refractivity contribution >= 4 is 17.5 Å². The first kappa shape index (κ1) is 21.1. The van der Waals surface area contributed by atoms with Gasteiger partial charge in [-0.15, -0.1) is 0 Å². The second-order valence-electron chi connectivity index (χ2n) is 7.92. The van der Waals surface area contributed by atoms with E-state index >= 15 is 0 Å². The third-order valence-electron chi connectivity index (χ3n) is 5.50. The molecule has 1 amide bonds. The largest absolute Gasteiger partial charge is 0.370 e. The van der Waals surface area contributed by atoms with Crippen LogP contribution in [0.3, 0.4) is 0 Å². The number of amides is 1. The van der Waals surface area contributed by atoms with Crippen molar-refractivity contribution in [2.45, 2.75) is 52.5 Å². The molecule has 0 saturated carbocycles. The number of nitrogens with zero attached hydrogens (tertiary/aromatic N) is 3. The van der Waals surface area contributed by atoms with Crippen LogP contribution >= 0.6 is 0 Å². The summed E-state index contributed by atoms with van der Waals surface area (Å²) in [5, 5.41) is 6.37. The lowest BCUT2D eigenvalue weighted by molar-refractivity contribution is -0.121. The minimum absolute atomic E-state index is 0.149. The second kappa shape index (κ2) is 10.8. The molecule has 1 fully saturated rings. The normalized spacial score (nSPS) is 14.6. The molecule has 0 radical (unpaired) electrons. The molecule has 0 bridgehead atoms. The monoisotopic (exact) mass is 395 g/mol. The van der Waals surface area contributed by atoms with Crippen molar-refractivity contribution in [3.8, 4) is 0 Å². The number of aromatic nitrogens is 2. The lowest BCUT2D eigenvalue weighted by Crippen LogP contribution is -2.34. The van der Waals surface area contributed by atoms with Crippen molar-refractivity contribution in [2.24, 2.45) is 5.92 Å². The summed E-state index contributed by atoms with van der Waals surface area (Å²) in [6, 6.07) is 10.3. The average Bonchev–Trinajstić information content (AvgIpc) is 2.75. The van der Waals surface area contributed by atoms with Crippen LogP contribution in [0.2, 0.25) is 0 Å². The molecule has 0 aliphatic carbocycles. The van der Waals surface area contributed by atoms with E-state index in [0.717, 1.165) is 62.5 Å². The Labute approximate surface area is 174 Å². The zero-order chi connectivity index (χ0) is 20.5. The van der Waals surface area contributed by atoms with E-state index in [-0.39, 0.29) is 5.91 Å². The fourth-order valence-electron chi connectivity index (χ4n) is 3.77. The number of hydrogen-bond acceptors (Lipinski definition) is 5. The Kier molecular flexibility index (Phi) is 7.85. The van der Waals surface area contributed by atoms with Crippen LogP contribution in [-0.4, -0.2) is 35.5 Å². The quantitative estimate of drug-likeness (QED) is 0.673. The molecule has 2 heterocycles. The van der Waals surface area contributed by atoms with E-state index in [2.05, 4.69) is 57.5 Å². The van der Waals surface area contributed by atoms with E-state index in [1.807, 2.05) is 12.1 Å². The molecule has 6 heteroatoms. The summed E-state index contributed by atoms with van der Waals surface area (Å²) in [5.74, 6) is 2.64. The van der Waals surface area contributed by atoms with E-state index in [1.165, 1.54) is 5.56 Å². The van der Waals surface area contributed by atoms with Gasteiger partial charge in [-0.1, -0.05) is 36.8 Å². The van der Waals surface area contributed by atoms with Gasteiger partial charge in [-0.3, -0.25) is 4.79 Å². The highest BCUT2D eigenvalue weighted by atomic mass is 16.1. The third kappa shape index (κ3) is 6.73. The highest BCUT2D eigenvalue weighted by Crippen LogP contribution is 2.25. The van der Waals surface area contributed by atoms with Crippen LogP contribution in [0, 0.1) is 12.8 Å². The van der Waals surface area contributed by atoms with Crippen LogP contribution in [0.15, 0.2) is 36.7 Å². The van der Waals surface area contributed by atoms with E-state index in [9.17, 15) is 4.79 Å². The van der Waals surface area contributed by atoms with Gasteiger partial charge >= 0.3 is 0 Å². The summed E-state index contributed by atoms with van der Waals surface area (Å²) >= 11 is 0. The first-order valence-corrected chi connectivity index (χ1v) is 10.8. The first-order valence-electron chi connectivity index (χ1n) is 10.8. The number of benzene rings is 1. The molecule has 1 saturated heterocycles. The smallest absolute Gasteiger partial charge is 0.220 e. The number of hydrogen-bond donors (Lipinski definition) is 2. The molecule has 1 aliphatic rings. The SMILES string of the molecule is CCCNc1cc(N2CCC(CCC(=O)NCc3cccc(C)c3)CC2)ncn1. The van der Waals surface area contributed by atoms with E-state index in [1.54, 1.807) is 6.33 Å². The number of piperidine rings is 1. The Hall–Kier alpha value is -2.63. The van der Waals surface area contributed by atoms with Crippen molar-refractivity contribution in [1.29, 1.82) is 0 Å². The van der Waals surface area contributed by atoms with Gasteiger partial charge in [0.15, 0.2) is 0 Å². The highest BCUT2D eigenvalue weighted by molar-refractivity contribution is 5.75. The fourth-order valence-corrected chi connectivity index (χ4v) is 3.77. The van der Waals surface area contributed by atoms with Gasteiger partial charge in [0.05, 0.1) is 0 Å². The van der Waals surface area contributed by atoms with E-state index < -0.39 is 0 Å². The van der Waals surface area contributed by atoms with Gasteiger partial charge in [-0.05, 0) is 44.1 Å². The maximum absolute atomic E-state index is 12.2. The summed E-state index contributed by atoms with van der Waals surface area (Å²) in [4.78, 5) is 23.3. The fraction of sp³-hybridized carbons (Fsp3) is 0.522. The van der Waals surface area contributed by atoms with E-state index in [0.29, 0.717) is 18.9 Å². The summed E-state index contributed by atoms with van der Waals surface area (Å²) in [6.07, 6.45) is 6.48. The van der Waals surface area contributed by atoms with Gasteiger partial charge in [0.1, 0.15) is 18.0 Å². The first-order chi connectivity index (χ1) is 14.1. The van der Waals surface area contributed by atoms with Gasteiger partial charge in [0.25, 0.3) is 0 Å². The number of anilines is 2. The minimum Gasteiger partial charge on any atom is -0.370 e. The molecule has 29 heavy (non-hydrogen) atoms. The Balaban J connectivity index is 1.38. The summed E-state index contributed by atoms with van der Waals surface area (Å²) < 4.78 is 0. The number of rotatable bonds is 9. The van der Waals surface area contributed by atoms with E-state index in [4.69, 9.17) is 0 Å². The zero-order valence-electron chi connectivity index (χ0n) is 17.7. The predicted octanol–water partition coefficient (Wildman–Crippen LogP) is 3.92. The van der Waals surface area contributed by atoms with Crippen LogP contribution in [0.1, 0.15) is 50.2 Å². The van der Waals surface area contributed by atoms with Crippen LogP contribution in [0.25, 0.3) is 0 Å². The van der Waals surface area contributed by atoms with Crippen molar-refractivity contribution in [3.05, 3.63) is 47.8 Å². The molecule has 1 aromatic heterocycles. The summed E-state index contributed by atoms with van der Waals surface area (Å²) in [6.45, 7) is 7.72. The standard InChI is InChI=1S/C23H33N5O/c1-3-11-24-21-15-22(27-17-26-21)28-12-9-19(10-13-28)7-8-23(29)25-16-20-6-4-5-18(2)14-20/h4-6,14-15,17,19H,3,7-13,16H2,1-2H3,(H,25,29)(H,24,26,27). The molecule has 156 valence electrons. The van der Waals surface area contributed by atoms with Crippen LogP contribution in [0.4, 0.5) is 11.6 Å². The number of carbonyl (C=O) groups is 1. The maximum Gasteiger partial charge on any atom is 0.220 e. The molecule has 6 nitrogen and oxygen atoms in total. The van der Waals surface area contributed by atoms with Gasteiger partial charge in [0.2, 0.25) is 5.91 Å². The Morgan fingerprint density at radius 1 is 1.21 bits per heavy atom. The van der Waals surface area contributed by atoms with Gasteiger partial charge in [-0.25, -0.2) is 9.97 Å². The van der Waals surface area contributed by atoms with Crippen LogP contribution in [0.5, 0.6) is 0 Å². The van der Waals surface area contributed by atoms with Crippen molar-refractivity contribution in [3.63, 3.8) is 0 Å². The molecule has 1 aromatic carbocycles. The minimum atomic E-state index is 0.149. The van der Waals surface area contributed by atoms with Crippen molar-refractivity contribution in [2.75, 3.05) is 29.9 Å². The summed E-state index contributed by atoms with van der Waals surface area (Å²) in [7, 11) is 0. The molecule has 2 N–H and O–H groups in total. The highest BCUT2D eigenvalue weighted by Gasteiger charge is 2.21. The maximum atomic E-state index is 12.2. The molecule has 1 aliphatic heterocycles. The topological polar surface area (TPSA) is 70.2 Å². The molecule has 0 spiro atoms. The Morgan fingerprint density at radius 3 is 2.79 bits per heavy atom. The molecule has 2 aromatic rings. The zero-order valence-corrected chi connectivity index (χ0v) is 17.7. The predicted molar refractivity (Wildman–Crippen MR) is 118 cm³/mol. The van der Waals surface area contributed by atoms with Gasteiger partial charge < -0.3 is 15.5 Å². The van der Waals surface area contributed by atoms with Crippen LogP contribution < -0.4 is 15.5 Å². The summed E-state index contributed by atoms with van der Waals surface area (Å²) in [5.41, 5.74) is 2.38. The number of nitrogens with one attached hydrogen (secondary N) is 2. The lowest BCUT2D eigenvalue weighted by atomic mass is 9.92. The van der Waals surface area contributed by atoms with Gasteiger partial charge in [-0.2, -0.15) is 0 Å². The molecular formula is C23H33N5O. The van der Waals surface area contributed by atoms with Gasteiger partial charge in [0, 0.05) is 38.7 Å². The van der Waals surface area contributed by atoms with Crippen molar-refractivity contribution in [1.82, 2.24) is 15.3 Å².